The number of nitrogens with one attached hydrogen (secondary N) is 1. The Bertz CT molecular complexity index is 399. The number of aromatic nitrogens is 2. The van der Waals surface area contributed by atoms with E-state index >= 15 is 0 Å². The number of aliphatic hydroxyl groups excluding tert-OH is 1. The minimum Gasteiger partial charge on any atom is -0.394 e. The third kappa shape index (κ3) is 3.56. The quantitative estimate of drug-likeness (QED) is 0.784. The fourth-order valence-corrected chi connectivity index (χ4v) is 1.81. The van der Waals surface area contributed by atoms with Gasteiger partial charge in [0.2, 0.25) is 5.91 Å². The smallest absolute Gasteiger partial charge is 0.220 e. The molecule has 1 aromatic heterocycles. The summed E-state index contributed by atoms with van der Waals surface area (Å²) in [5.41, 5.74) is 3.22. The van der Waals surface area contributed by atoms with Gasteiger partial charge in [-0.15, -0.1) is 0 Å². The van der Waals surface area contributed by atoms with Crippen LogP contribution in [0, 0.1) is 13.8 Å². The highest BCUT2D eigenvalue weighted by Crippen LogP contribution is 2.13. The molecule has 1 amide bonds. The molecule has 2 N–H and O–H groups in total. The predicted molar refractivity (Wildman–Crippen MR) is 65.7 cm³/mol. The summed E-state index contributed by atoms with van der Waals surface area (Å²) in [6.07, 6.45) is 1.12. The van der Waals surface area contributed by atoms with E-state index in [1.54, 1.807) is 6.92 Å². The summed E-state index contributed by atoms with van der Waals surface area (Å²) in [5.74, 6) is -0.0331. The van der Waals surface area contributed by atoms with Gasteiger partial charge in [-0.05, 0) is 32.8 Å². The maximum Gasteiger partial charge on any atom is 0.220 e. The molecule has 0 saturated heterocycles. The molecule has 96 valence electrons. The zero-order valence-corrected chi connectivity index (χ0v) is 10.9. The van der Waals surface area contributed by atoms with Gasteiger partial charge in [0.15, 0.2) is 0 Å². The number of rotatable bonds is 5. The summed E-state index contributed by atoms with van der Waals surface area (Å²) >= 11 is 0. The van der Waals surface area contributed by atoms with Crippen LogP contribution in [0.3, 0.4) is 0 Å². The van der Waals surface area contributed by atoms with Crippen LogP contribution in [0.25, 0.3) is 0 Å². The molecule has 5 heteroatoms. The van der Waals surface area contributed by atoms with Crippen molar-refractivity contribution in [2.45, 2.75) is 39.7 Å². The lowest BCUT2D eigenvalue weighted by Crippen LogP contribution is -2.35. The molecule has 0 unspecified atom stereocenters. The summed E-state index contributed by atoms with van der Waals surface area (Å²) in [4.78, 5) is 11.6. The molecule has 1 rings (SSSR count). The van der Waals surface area contributed by atoms with Crippen molar-refractivity contribution in [3.05, 3.63) is 17.0 Å². The first-order valence-electron chi connectivity index (χ1n) is 5.85. The number of aryl methyl sites for hydroxylation is 2. The molecule has 0 aliphatic rings. The van der Waals surface area contributed by atoms with Crippen LogP contribution in [-0.2, 0) is 18.3 Å². The third-order valence-electron chi connectivity index (χ3n) is 2.94. The second kappa shape index (κ2) is 5.82. The van der Waals surface area contributed by atoms with Gasteiger partial charge in [-0.3, -0.25) is 9.48 Å². The molecule has 0 aromatic carbocycles. The van der Waals surface area contributed by atoms with Crippen molar-refractivity contribution in [3.63, 3.8) is 0 Å². The van der Waals surface area contributed by atoms with Gasteiger partial charge in [-0.2, -0.15) is 5.10 Å². The van der Waals surface area contributed by atoms with Gasteiger partial charge in [-0.25, -0.2) is 0 Å². The number of hydrogen-bond donors (Lipinski definition) is 2. The van der Waals surface area contributed by atoms with Crippen LogP contribution in [0.15, 0.2) is 0 Å². The number of aliphatic hydroxyl groups is 1. The van der Waals surface area contributed by atoms with Crippen LogP contribution in [0.5, 0.6) is 0 Å². The minimum atomic E-state index is -0.182. The van der Waals surface area contributed by atoms with Gasteiger partial charge in [-0.1, -0.05) is 0 Å². The molecular weight excluding hydrogens is 218 g/mol. The Morgan fingerprint density at radius 2 is 2.18 bits per heavy atom. The van der Waals surface area contributed by atoms with Crippen LogP contribution in [-0.4, -0.2) is 33.4 Å². The van der Waals surface area contributed by atoms with Crippen molar-refractivity contribution in [2.24, 2.45) is 7.05 Å². The summed E-state index contributed by atoms with van der Waals surface area (Å²) < 4.78 is 1.83. The summed E-state index contributed by atoms with van der Waals surface area (Å²) in [6, 6.07) is -0.182. The van der Waals surface area contributed by atoms with Gasteiger partial charge in [0, 0.05) is 25.2 Å². The minimum absolute atomic E-state index is 0.0311. The molecule has 0 aliphatic heterocycles. The second-order valence-electron chi connectivity index (χ2n) is 4.42. The average Bonchev–Trinajstić information content (AvgIpc) is 2.51. The average molecular weight is 239 g/mol. The van der Waals surface area contributed by atoms with Crippen LogP contribution >= 0.6 is 0 Å². The zero-order valence-electron chi connectivity index (χ0n) is 10.9. The third-order valence-corrected chi connectivity index (χ3v) is 2.94. The maximum absolute atomic E-state index is 11.6. The maximum atomic E-state index is 11.6. The second-order valence-corrected chi connectivity index (χ2v) is 4.42. The van der Waals surface area contributed by atoms with Crippen molar-refractivity contribution in [1.29, 1.82) is 0 Å². The van der Waals surface area contributed by atoms with E-state index in [-0.39, 0.29) is 18.6 Å². The Balaban J connectivity index is 2.53. The first-order valence-corrected chi connectivity index (χ1v) is 5.85. The van der Waals surface area contributed by atoms with Crippen molar-refractivity contribution in [1.82, 2.24) is 15.1 Å². The van der Waals surface area contributed by atoms with E-state index in [9.17, 15) is 4.79 Å². The van der Waals surface area contributed by atoms with E-state index < -0.39 is 0 Å². The highest BCUT2D eigenvalue weighted by Gasteiger charge is 2.12. The van der Waals surface area contributed by atoms with Crippen molar-refractivity contribution in [3.8, 4) is 0 Å². The van der Waals surface area contributed by atoms with Crippen LogP contribution in [0.1, 0.15) is 30.3 Å². The van der Waals surface area contributed by atoms with Crippen LogP contribution in [0.2, 0.25) is 0 Å². The highest BCUT2D eigenvalue weighted by atomic mass is 16.3. The molecule has 1 atom stereocenters. The van der Waals surface area contributed by atoms with Gasteiger partial charge in [0.25, 0.3) is 0 Å². The Hall–Kier alpha value is -1.36. The van der Waals surface area contributed by atoms with Crippen LogP contribution < -0.4 is 5.32 Å². The molecule has 5 nitrogen and oxygen atoms in total. The topological polar surface area (TPSA) is 67.2 Å². The predicted octanol–water partition coefficient (Wildman–Crippen LogP) is 0.467. The summed E-state index contributed by atoms with van der Waals surface area (Å²) in [5, 5.41) is 15.9. The standard InChI is InChI=1S/C12H21N3O2/c1-8(7-16)13-12(17)6-5-11-9(2)14-15(4)10(11)3/h8,16H,5-7H2,1-4H3,(H,13,17)/t8-/m0/s1. The molecule has 17 heavy (non-hydrogen) atoms. The molecule has 1 aromatic rings. The molecule has 0 spiro atoms. The fourth-order valence-electron chi connectivity index (χ4n) is 1.81. The van der Waals surface area contributed by atoms with E-state index in [2.05, 4.69) is 10.4 Å². The molecule has 0 bridgehead atoms. The summed E-state index contributed by atoms with van der Waals surface area (Å²) in [6.45, 7) is 5.70. The van der Waals surface area contributed by atoms with Gasteiger partial charge < -0.3 is 10.4 Å². The molecule has 0 aliphatic carbocycles. The number of carbonyl (C=O) groups excluding carboxylic acids is 1. The molecule has 1 heterocycles. The number of nitrogens with zero attached hydrogens (tertiary/aromatic N) is 2. The van der Waals surface area contributed by atoms with Crippen molar-refractivity contribution in [2.75, 3.05) is 6.61 Å². The zero-order chi connectivity index (χ0) is 13.0. The van der Waals surface area contributed by atoms with Crippen LogP contribution in [0.4, 0.5) is 0 Å². The van der Waals surface area contributed by atoms with E-state index in [4.69, 9.17) is 5.11 Å². The molecule has 0 fully saturated rings. The normalized spacial score (nSPS) is 12.5. The largest absolute Gasteiger partial charge is 0.394 e. The molecule has 0 radical (unpaired) electrons. The van der Waals surface area contributed by atoms with Crippen molar-refractivity contribution >= 4 is 5.91 Å². The first-order chi connectivity index (χ1) is 7.95. The monoisotopic (exact) mass is 239 g/mol. The van der Waals surface area contributed by atoms with Gasteiger partial charge >= 0.3 is 0 Å². The number of amides is 1. The Labute approximate surface area is 102 Å². The lowest BCUT2D eigenvalue weighted by Gasteiger charge is -2.10. The van der Waals surface area contributed by atoms with E-state index in [1.165, 1.54) is 0 Å². The molecular formula is C12H21N3O2. The molecule has 0 saturated carbocycles. The lowest BCUT2D eigenvalue weighted by atomic mass is 10.1. The fraction of sp³-hybridized carbons (Fsp3) is 0.667. The van der Waals surface area contributed by atoms with E-state index in [0.717, 1.165) is 17.0 Å². The SMILES string of the molecule is Cc1nn(C)c(C)c1CCC(=O)N[C@@H](C)CO. The first kappa shape index (κ1) is 13.7. The number of carbonyl (C=O) groups is 1. The van der Waals surface area contributed by atoms with E-state index in [1.807, 2.05) is 25.6 Å². The lowest BCUT2D eigenvalue weighted by molar-refractivity contribution is -0.121. The summed E-state index contributed by atoms with van der Waals surface area (Å²) in [7, 11) is 1.90. The van der Waals surface area contributed by atoms with Gasteiger partial charge in [0.05, 0.1) is 12.3 Å². The van der Waals surface area contributed by atoms with Crippen molar-refractivity contribution < 1.29 is 9.90 Å². The Morgan fingerprint density at radius 1 is 1.53 bits per heavy atom. The number of hydrogen-bond acceptors (Lipinski definition) is 3. The Morgan fingerprint density at radius 3 is 2.65 bits per heavy atom. The van der Waals surface area contributed by atoms with E-state index in [0.29, 0.717) is 12.8 Å². The van der Waals surface area contributed by atoms with Gasteiger partial charge in [0.1, 0.15) is 0 Å². The Kier molecular flexibility index (Phi) is 4.69. The highest BCUT2D eigenvalue weighted by molar-refractivity contribution is 5.76.